The topological polar surface area (TPSA) is 76.1 Å². The normalized spacial score (nSPS) is 22.0. The predicted molar refractivity (Wildman–Crippen MR) is 86.1 cm³/mol. The van der Waals surface area contributed by atoms with E-state index in [1.807, 2.05) is 26.8 Å². The summed E-state index contributed by atoms with van der Waals surface area (Å²) < 4.78 is 5.28. The molecule has 0 unspecified atom stereocenters. The van der Waals surface area contributed by atoms with E-state index < -0.39 is 5.60 Å². The van der Waals surface area contributed by atoms with E-state index in [4.69, 9.17) is 16.3 Å². The molecule has 2 rings (SSSR count). The third-order valence-corrected chi connectivity index (χ3v) is 3.63. The highest BCUT2D eigenvalue weighted by Crippen LogP contribution is 2.22. The number of anilines is 1. The number of alkyl carbamates (subject to hydrolysis) is 1. The predicted octanol–water partition coefficient (Wildman–Crippen LogP) is 3.38. The molecule has 0 radical (unpaired) electrons. The monoisotopic (exact) mass is 326 g/mol. The zero-order valence-electron chi connectivity index (χ0n) is 13.2. The van der Waals surface area contributed by atoms with Crippen LogP contribution >= 0.6 is 11.6 Å². The van der Waals surface area contributed by atoms with Gasteiger partial charge in [-0.1, -0.05) is 11.6 Å². The fourth-order valence-corrected chi connectivity index (χ4v) is 2.56. The van der Waals surface area contributed by atoms with E-state index >= 15 is 0 Å². The summed E-state index contributed by atoms with van der Waals surface area (Å²) in [7, 11) is 0. The molecule has 7 heteroatoms. The Balaban J connectivity index is 1.73. The molecule has 1 aliphatic carbocycles. The highest BCUT2D eigenvalue weighted by Gasteiger charge is 2.24. The molecular weight excluding hydrogens is 304 g/mol. The number of amides is 1. The molecule has 1 saturated carbocycles. The van der Waals surface area contributed by atoms with E-state index in [-0.39, 0.29) is 12.1 Å². The first-order valence-electron chi connectivity index (χ1n) is 7.57. The van der Waals surface area contributed by atoms with E-state index in [0.717, 1.165) is 31.5 Å². The summed E-state index contributed by atoms with van der Waals surface area (Å²) >= 11 is 5.71. The molecule has 1 aromatic rings. The SMILES string of the molecule is CC(C)(C)OC(=O)N[C@H]1CC[C@H](Nc2ccc(Cl)nn2)CC1. The van der Waals surface area contributed by atoms with Gasteiger partial charge in [0, 0.05) is 12.1 Å². The van der Waals surface area contributed by atoms with Crippen LogP contribution in [0.3, 0.4) is 0 Å². The maximum absolute atomic E-state index is 11.8. The van der Waals surface area contributed by atoms with Crippen molar-refractivity contribution >= 4 is 23.5 Å². The largest absolute Gasteiger partial charge is 0.444 e. The Hall–Kier alpha value is -1.56. The van der Waals surface area contributed by atoms with E-state index in [1.54, 1.807) is 6.07 Å². The molecule has 1 amide bonds. The Bertz CT molecular complexity index is 493. The molecule has 1 fully saturated rings. The van der Waals surface area contributed by atoms with Crippen LogP contribution in [-0.4, -0.2) is 34.0 Å². The van der Waals surface area contributed by atoms with Crippen LogP contribution in [0.25, 0.3) is 0 Å². The minimum Gasteiger partial charge on any atom is -0.444 e. The molecule has 2 N–H and O–H groups in total. The van der Waals surface area contributed by atoms with E-state index in [1.165, 1.54) is 0 Å². The zero-order chi connectivity index (χ0) is 16.2. The number of nitrogens with one attached hydrogen (secondary N) is 2. The Morgan fingerprint density at radius 2 is 1.82 bits per heavy atom. The lowest BCUT2D eigenvalue weighted by molar-refractivity contribution is 0.0492. The van der Waals surface area contributed by atoms with Crippen molar-refractivity contribution in [3.63, 3.8) is 0 Å². The first kappa shape index (κ1) is 16.8. The molecule has 22 heavy (non-hydrogen) atoms. The molecule has 0 aromatic carbocycles. The van der Waals surface area contributed by atoms with Gasteiger partial charge in [0.1, 0.15) is 11.4 Å². The van der Waals surface area contributed by atoms with Crippen LogP contribution < -0.4 is 10.6 Å². The molecule has 0 atom stereocenters. The van der Waals surface area contributed by atoms with Gasteiger partial charge in [0.05, 0.1) is 0 Å². The molecule has 0 saturated heterocycles. The number of aromatic nitrogens is 2. The smallest absolute Gasteiger partial charge is 0.407 e. The van der Waals surface area contributed by atoms with Gasteiger partial charge in [-0.15, -0.1) is 10.2 Å². The van der Waals surface area contributed by atoms with E-state index in [2.05, 4.69) is 20.8 Å². The summed E-state index contributed by atoms with van der Waals surface area (Å²) in [4.78, 5) is 11.8. The summed E-state index contributed by atoms with van der Waals surface area (Å²) in [5.74, 6) is 0.730. The average Bonchev–Trinajstić information content (AvgIpc) is 2.41. The van der Waals surface area contributed by atoms with Crippen LogP contribution in [0.1, 0.15) is 46.5 Å². The Morgan fingerprint density at radius 1 is 1.18 bits per heavy atom. The number of rotatable bonds is 3. The maximum atomic E-state index is 11.8. The summed E-state index contributed by atoms with van der Waals surface area (Å²) in [5, 5.41) is 14.5. The average molecular weight is 327 g/mol. The minimum absolute atomic E-state index is 0.171. The third-order valence-electron chi connectivity index (χ3n) is 3.43. The first-order chi connectivity index (χ1) is 10.3. The van der Waals surface area contributed by atoms with Crippen molar-refractivity contribution in [2.24, 2.45) is 0 Å². The number of carbonyl (C=O) groups is 1. The van der Waals surface area contributed by atoms with Gasteiger partial charge in [-0.25, -0.2) is 4.79 Å². The fourth-order valence-electron chi connectivity index (χ4n) is 2.46. The van der Waals surface area contributed by atoms with E-state index in [9.17, 15) is 4.79 Å². The van der Waals surface area contributed by atoms with Crippen molar-refractivity contribution < 1.29 is 9.53 Å². The molecule has 6 nitrogen and oxygen atoms in total. The number of hydrogen-bond donors (Lipinski definition) is 2. The van der Waals surface area contributed by atoms with Crippen molar-refractivity contribution in [1.29, 1.82) is 0 Å². The Labute approximate surface area is 136 Å². The molecular formula is C15H23ClN4O2. The van der Waals surface area contributed by atoms with Gasteiger partial charge in [-0.2, -0.15) is 0 Å². The lowest BCUT2D eigenvalue weighted by atomic mass is 9.91. The molecule has 122 valence electrons. The van der Waals surface area contributed by atoms with Crippen molar-refractivity contribution in [1.82, 2.24) is 15.5 Å². The van der Waals surface area contributed by atoms with E-state index in [0.29, 0.717) is 11.2 Å². The van der Waals surface area contributed by atoms with Crippen molar-refractivity contribution in [2.45, 2.75) is 64.1 Å². The number of carbonyl (C=O) groups excluding carboxylic acids is 1. The molecule has 1 aromatic heterocycles. The van der Waals surface area contributed by atoms with Gasteiger partial charge in [0.2, 0.25) is 0 Å². The minimum atomic E-state index is -0.462. The zero-order valence-corrected chi connectivity index (χ0v) is 14.0. The molecule has 0 bridgehead atoms. The number of ether oxygens (including phenoxy) is 1. The number of hydrogen-bond acceptors (Lipinski definition) is 5. The van der Waals surface area contributed by atoms with Crippen LogP contribution in [0.4, 0.5) is 10.6 Å². The highest BCUT2D eigenvalue weighted by atomic mass is 35.5. The number of halogens is 1. The van der Waals surface area contributed by atoms with Crippen LogP contribution in [0.5, 0.6) is 0 Å². The van der Waals surface area contributed by atoms with Crippen LogP contribution in [-0.2, 0) is 4.74 Å². The summed E-state index contributed by atoms with van der Waals surface area (Å²) in [6.45, 7) is 5.58. The van der Waals surface area contributed by atoms with Crippen LogP contribution in [0, 0.1) is 0 Å². The maximum Gasteiger partial charge on any atom is 0.407 e. The third kappa shape index (κ3) is 5.67. The van der Waals surface area contributed by atoms with Crippen molar-refractivity contribution in [3.8, 4) is 0 Å². The van der Waals surface area contributed by atoms with Crippen LogP contribution in [0.2, 0.25) is 5.15 Å². The standard InChI is InChI=1S/C15H23ClN4O2/c1-15(2,3)22-14(21)18-11-6-4-10(5-7-11)17-13-9-8-12(16)19-20-13/h8-11H,4-7H2,1-3H3,(H,17,20)(H,18,21)/t10-,11-. The molecule has 0 spiro atoms. The second-order valence-electron chi connectivity index (χ2n) is 6.58. The van der Waals surface area contributed by atoms with Crippen molar-refractivity contribution in [3.05, 3.63) is 17.3 Å². The highest BCUT2D eigenvalue weighted by molar-refractivity contribution is 6.29. The lowest BCUT2D eigenvalue weighted by Gasteiger charge is -2.30. The second-order valence-corrected chi connectivity index (χ2v) is 6.97. The molecule has 1 aliphatic rings. The summed E-state index contributed by atoms with van der Waals surface area (Å²) in [6.07, 6.45) is 3.42. The number of nitrogens with zero attached hydrogens (tertiary/aromatic N) is 2. The van der Waals surface area contributed by atoms with Crippen LogP contribution in [0.15, 0.2) is 12.1 Å². The first-order valence-corrected chi connectivity index (χ1v) is 7.95. The Kier molecular flexibility index (Phi) is 5.45. The second kappa shape index (κ2) is 7.13. The Morgan fingerprint density at radius 3 is 2.36 bits per heavy atom. The lowest BCUT2D eigenvalue weighted by Crippen LogP contribution is -2.42. The van der Waals surface area contributed by atoms with Gasteiger partial charge in [0.15, 0.2) is 5.15 Å². The van der Waals surface area contributed by atoms with Gasteiger partial charge < -0.3 is 15.4 Å². The fraction of sp³-hybridized carbons (Fsp3) is 0.667. The van der Waals surface area contributed by atoms with Gasteiger partial charge in [0.25, 0.3) is 0 Å². The van der Waals surface area contributed by atoms with Gasteiger partial charge >= 0.3 is 6.09 Å². The summed E-state index contributed by atoms with van der Waals surface area (Å²) in [5.41, 5.74) is -0.462. The van der Waals surface area contributed by atoms with Gasteiger partial charge in [-0.05, 0) is 58.6 Å². The molecule has 1 heterocycles. The molecule has 0 aliphatic heterocycles. The summed E-state index contributed by atoms with van der Waals surface area (Å²) in [6, 6.07) is 4.05. The quantitative estimate of drug-likeness (QED) is 0.890. The van der Waals surface area contributed by atoms with Gasteiger partial charge in [-0.3, -0.25) is 0 Å². The van der Waals surface area contributed by atoms with Crippen molar-refractivity contribution in [2.75, 3.05) is 5.32 Å².